The summed E-state index contributed by atoms with van der Waals surface area (Å²) in [6, 6.07) is 11.2. The van der Waals surface area contributed by atoms with Crippen molar-refractivity contribution in [2.45, 2.75) is 32.6 Å². The number of anilines is 1. The summed E-state index contributed by atoms with van der Waals surface area (Å²) >= 11 is 1.84. The van der Waals surface area contributed by atoms with E-state index in [4.69, 9.17) is 9.47 Å². The van der Waals surface area contributed by atoms with Gasteiger partial charge in [-0.25, -0.2) is 4.39 Å². The van der Waals surface area contributed by atoms with Crippen LogP contribution >= 0.6 is 11.8 Å². The average Bonchev–Trinajstić information content (AvgIpc) is 2.73. The molecule has 0 fully saturated rings. The van der Waals surface area contributed by atoms with Gasteiger partial charge >= 0.3 is 0 Å². The van der Waals surface area contributed by atoms with Gasteiger partial charge in [-0.2, -0.15) is 0 Å². The topological polar surface area (TPSA) is 21.7 Å². The predicted molar refractivity (Wildman–Crippen MR) is 118 cm³/mol. The van der Waals surface area contributed by atoms with E-state index in [-0.39, 0.29) is 11.2 Å². The summed E-state index contributed by atoms with van der Waals surface area (Å²) in [6.07, 6.45) is 2.88. The number of fused-ring (bicyclic) bond motifs is 1. The van der Waals surface area contributed by atoms with Gasteiger partial charge in [0, 0.05) is 12.1 Å². The van der Waals surface area contributed by atoms with Gasteiger partial charge in [0.2, 0.25) is 0 Å². The van der Waals surface area contributed by atoms with Crippen molar-refractivity contribution in [3.8, 4) is 11.5 Å². The van der Waals surface area contributed by atoms with Crippen molar-refractivity contribution in [2.75, 3.05) is 30.9 Å². The third-order valence-electron chi connectivity index (χ3n) is 4.84. The number of methoxy groups -OCH3 is 1. The monoisotopic (exact) mass is 401 g/mol. The van der Waals surface area contributed by atoms with E-state index < -0.39 is 0 Å². The molecule has 1 heterocycles. The number of halogens is 1. The van der Waals surface area contributed by atoms with Gasteiger partial charge in [0.15, 0.2) is 0 Å². The lowest BCUT2D eigenvalue weighted by atomic mass is 9.96. The predicted octanol–water partition coefficient (Wildman–Crippen LogP) is 6.08. The lowest BCUT2D eigenvalue weighted by molar-refractivity contribution is 0.317. The van der Waals surface area contributed by atoms with Crippen molar-refractivity contribution in [1.82, 2.24) is 0 Å². The van der Waals surface area contributed by atoms with E-state index in [0.29, 0.717) is 18.7 Å². The van der Waals surface area contributed by atoms with E-state index in [2.05, 4.69) is 25.7 Å². The minimum Gasteiger partial charge on any atom is -0.497 e. The number of benzene rings is 2. The molecule has 0 aliphatic carbocycles. The van der Waals surface area contributed by atoms with Crippen LogP contribution in [0.15, 0.2) is 36.4 Å². The molecule has 1 atom stereocenters. The highest BCUT2D eigenvalue weighted by Gasteiger charge is 2.28. The van der Waals surface area contributed by atoms with Crippen LogP contribution in [0.4, 0.5) is 10.1 Å². The van der Waals surface area contributed by atoms with Crippen LogP contribution in [0.2, 0.25) is 0 Å². The Labute approximate surface area is 171 Å². The maximum atomic E-state index is 14.9. The molecule has 0 aromatic heterocycles. The average molecular weight is 402 g/mol. The molecular weight excluding hydrogens is 373 g/mol. The maximum Gasteiger partial charge on any atom is 0.143 e. The first-order chi connectivity index (χ1) is 13.6. The SMILES string of the molecule is CCCOc1ccc(F)c2c1N(C(C)SCC)CC(c1ccc(OC)cc1)=C2. The van der Waals surface area contributed by atoms with Crippen molar-refractivity contribution >= 4 is 29.1 Å². The van der Waals surface area contributed by atoms with Crippen LogP contribution in [-0.2, 0) is 0 Å². The zero-order chi connectivity index (χ0) is 20.1. The Morgan fingerprint density at radius 3 is 2.54 bits per heavy atom. The minimum absolute atomic E-state index is 0.205. The molecule has 150 valence electrons. The second-order valence-electron chi connectivity index (χ2n) is 6.74. The normalized spacial score (nSPS) is 14.3. The molecule has 3 rings (SSSR count). The van der Waals surface area contributed by atoms with Gasteiger partial charge in [-0.15, -0.1) is 11.8 Å². The van der Waals surface area contributed by atoms with E-state index in [1.54, 1.807) is 13.2 Å². The second kappa shape index (κ2) is 9.37. The molecule has 0 saturated carbocycles. The van der Waals surface area contributed by atoms with Gasteiger partial charge in [0.25, 0.3) is 0 Å². The van der Waals surface area contributed by atoms with E-state index in [0.717, 1.165) is 40.5 Å². The van der Waals surface area contributed by atoms with Crippen LogP contribution in [0.25, 0.3) is 11.6 Å². The third kappa shape index (κ3) is 4.30. The van der Waals surface area contributed by atoms with Crippen molar-refractivity contribution in [3.63, 3.8) is 0 Å². The van der Waals surface area contributed by atoms with Crippen molar-refractivity contribution in [1.29, 1.82) is 0 Å². The molecular formula is C23H28FNO2S. The zero-order valence-electron chi connectivity index (χ0n) is 17.0. The highest BCUT2D eigenvalue weighted by Crippen LogP contribution is 2.43. The molecule has 1 unspecified atom stereocenters. The minimum atomic E-state index is -0.219. The van der Waals surface area contributed by atoms with E-state index in [9.17, 15) is 4.39 Å². The summed E-state index contributed by atoms with van der Waals surface area (Å²) in [5.41, 5.74) is 3.63. The van der Waals surface area contributed by atoms with Gasteiger partial charge < -0.3 is 14.4 Å². The molecule has 28 heavy (non-hydrogen) atoms. The molecule has 1 aliphatic heterocycles. The lowest BCUT2D eigenvalue weighted by Gasteiger charge is -2.37. The van der Waals surface area contributed by atoms with Crippen LogP contribution in [0.1, 0.15) is 38.3 Å². The Hall–Kier alpha value is -2.14. The smallest absolute Gasteiger partial charge is 0.143 e. The number of rotatable bonds is 8. The summed E-state index contributed by atoms with van der Waals surface area (Å²) in [4.78, 5) is 2.26. The quantitative estimate of drug-likeness (QED) is 0.534. The third-order valence-corrected chi connectivity index (χ3v) is 5.91. The first-order valence-corrected chi connectivity index (χ1v) is 10.8. The van der Waals surface area contributed by atoms with E-state index in [1.165, 1.54) is 6.07 Å². The first kappa shape index (κ1) is 20.6. The van der Waals surface area contributed by atoms with Crippen LogP contribution in [-0.4, -0.2) is 31.4 Å². The molecule has 0 amide bonds. The molecule has 0 N–H and O–H groups in total. The molecule has 0 bridgehead atoms. The largest absolute Gasteiger partial charge is 0.497 e. The van der Waals surface area contributed by atoms with Crippen molar-refractivity contribution < 1.29 is 13.9 Å². The van der Waals surface area contributed by atoms with Gasteiger partial charge in [-0.3, -0.25) is 0 Å². The molecule has 1 aliphatic rings. The highest BCUT2D eigenvalue weighted by atomic mass is 32.2. The van der Waals surface area contributed by atoms with Crippen LogP contribution < -0.4 is 14.4 Å². The number of ether oxygens (including phenoxy) is 2. The number of hydrogen-bond donors (Lipinski definition) is 0. The summed E-state index contributed by atoms with van der Waals surface area (Å²) in [5, 5.41) is 0.205. The maximum absolute atomic E-state index is 14.9. The molecule has 5 heteroatoms. The number of nitrogens with zero attached hydrogens (tertiary/aromatic N) is 1. The number of thioether (sulfide) groups is 1. The van der Waals surface area contributed by atoms with E-state index in [1.807, 2.05) is 42.1 Å². The zero-order valence-corrected chi connectivity index (χ0v) is 17.8. The standard InChI is InChI=1S/C23H28FNO2S/c1-5-13-27-22-12-11-21(24)20-14-18(17-7-9-19(26-4)10-8-17)15-25(23(20)22)16(3)28-6-2/h7-12,14,16H,5-6,13,15H2,1-4H3. The Bertz CT molecular complexity index is 835. The molecule has 0 saturated heterocycles. The summed E-state index contributed by atoms with van der Waals surface area (Å²) < 4.78 is 26.1. The van der Waals surface area contributed by atoms with E-state index >= 15 is 0 Å². The Balaban J connectivity index is 2.09. The number of hydrogen-bond acceptors (Lipinski definition) is 4. The Kier molecular flexibility index (Phi) is 6.89. The second-order valence-corrected chi connectivity index (χ2v) is 8.33. The van der Waals surface area contributed by atoms with Gasteiger partial charge in [0.05, 0.1) is 24.8 Å². The molecule has 2 aromatic carbocycles. The van der Waals surface area contributed by atoms with Crippen molar-refractivity contribution in [2.24, 2.45) is 0 Å². The van der Waals surface area contributed by atoms with Gasteiger partial charge in [0.1, 0.15) is 17.3 Å². The van der Waals surface area contributed by atoms with Crippen LogP contribution in [0.5, 0.6) is 11.5 Å². The van der Waals surface area contributed by atoms with Crippen LogP contribution in [0, 0.1) is 5.82 Å². The first-order valence-electron chi connectivity index (χ1n) is 9.77. The Morgan fingerprint density at radius 2 is 1.89 bits per heavy atom. The molecule has 0 spiro atoms. The van der Waals surface area contributed by atoms with Crippen molar-refractivity contribution in [3.05, 3.63) is 53.3 Å². The fraction of sp³-hybridized carbons (Fsp3) is 0.391. The van der Waals surface area contributed by atoms with Crippen LogP contribution in [0.3, 0.4) is 0 Å². The highest BCUT2D eigenvalue weighted by molar-refractivity contribution is 7.99. The fourth-order valence-electron chi connectivity index (χ4n) is 3.43. The molecule has 2 aromatic rings. The fourth-order valence-corrected chi connectivity index (χ4v) is 4.27. The summed E-state index contributed by atoms with van der Waals surface area (Å²) in [7, 11) is 1.66. The summed E-state index contributed by atoms with van der Waals surface area (Å²) in [6.45, 7) is 7.72. The molecule has 3 nitrogen and oxygen atoms in total. The summed E-state index contributed by atoms with van der Waals surface area (Å²) in [5.74, 6) is 2.35. The molecule has 0 radical (unpaired) electrons. The lowest BCUT2D eigenvalue weighted by Crippen LogP contribution is -2.35. The van der Waals surface area contributed by atoms with Gasteiger partial charge in [-0.1, -0.05) is 26.0 Å². The van der Waals surface area contributed by atoms with Gasteiger partial charge in [-0.05, 0) is 60.6 Å². The Morgan fingerprint density at radius 1 is 1.14 bits per heavy atom.